The van der Waals surface area contributed by atoms with Gasteiger partial charge in [0, 0.05) is 5.75 Å². The van der Waals surface area contributed by atoms with E-state index in [4.69, 9.17) is 0 Å². The van der Waals surface area contributed by atoms with Gasteiger partial charge >= 0.3 is 6.18 Å². The summed E-state index contributed by atoms with van der Waals surface area (Å²) in [6, 6.07) is -0.617. The van der Waals surface area contributed by atoms with Crippen LogP contribution in [0.5, 0.6) is 0 Å². The lowest BCUT2D eigenvalue weighted by atomic mass is 10.1. The van der Waals surface area contributed by atoms with Gasteiger partial charge in [0.2, 0.25) is 0 Å². The maximum Gasteiger partial charge on any atom is 0.405 e. The second kappa shape index (κ2) is 8.83. The van der Waals surface area contributed by atoms with E-state index in [0.717, 1.165) is 6.42 Å². The normalized spacial score (nSPS) is 23.8. The number of aliphatic hydroxyl groups excluding tert-OH is 2. The van der Waals surface area contributed by atoms with Crippen molar-refractivity contribution >= 4 is 28.7 Å². The SMILES string of the molecule is CCCSc1nc(NCC(F)(F)F)c2ncn([C@@H]3C[C@H](c4n[nH]c(C)n4)[C@@H](O)[C@H]3O)c2n1. The molecule has 0 amide bonds. The van der Waals surface area contributed by atoms with E-state index in [1.54, 1.807) is 11.5 Å². The van der Waals surface area contributed by atoms with Gasteiger partial charge in [-0.1, -0.05) is 18.7 Å². The van der Waals surface area contributed by atoms with Crippen LogP contribution in [0.4, 0.5) is 19.0 Å². The number of aromatic amines is 1. The van der Waals surface area contributed by atoms with Crippen molar-refractivity contribution < 1.29 is 23.4 Å². The molecule has 1 saturated carbocycles. The summed E-state index contributed by atoms with van der Waals surface area (Å²) in [5.41, 5.74) is 0.445. The van der Waals surface area contributed by atoms with E-state index in [2.05, 4.69) is 35.5 Å². The van der Waals surface area contributed by atoms with Crippen LogP contribution < -0.4 is 5.32 Å². The lowest BCUT2D eigenvalue weighted by Gasteiger charge is -2.18. The molecule has 32 heavy (non-hydrogen) atoms. The Hall–Kier alpha value is -2.45. The van der Waals surface area contributed by atoms with Crippen LogP contribution in [0.1, 0.15) is 43.4 Å². The number of H-pyrrole nitrogens is 1. The second-order valence-corrected chi connectivity index (χ2v) is 8.73. The number of imidazole rings is 1. The predicted molar refractivity (Wildman–Crippen MR) is 110 cm³/mol. The summed E-state index contributed by atoms with van der Waals surface area (Å²) in [4.78, 5) is 17.2. The van der Waals surface area contributed by atoms with Crippen molar-refractivity contribution in [2.45, 2.75) is 62.2 Å². The lowest BCUT2D eigenvalue weighted by molar-refractivity contribution is -0.115. The number of rotatable bonds is 7. The van der Waals surface area contributed by atoms with Crippen molar-refractivity contribution in [3.8, 4) is 0 Å². The fourth-order valence-corrected chi connectivity index (χ4v) is 4.46. The molecule has 3 heterocycles. The van der Waals surface area contributed by atoms with E-state index in [1.165, 1.54) is 18.1 Å². The van der Waals surface area contributed by atoms with E-state index in [0.29, 0.717) is 29.0 Å². The summed E-state index contributed by atoms with van der Waals surface area (Å²) in [7, 11) is 0. The van der Waals surface area contributed by atoms with Gasteiger partial charge in [-0.15, -0.1) is 0 Å². The standard InChI is InChI=1S/C18H23F3N8O2S/c1-3-4-32-17-25-15(22-6-18(19,20)21)11-16(26-17)29(7-23-11)10-5-9(12(30)13(10)31)14-24-8(2)27-28-14/h7,9-10,12-13,30-31H,3-6H2,1-2H3,(H,22,25,26)(H,24,27,28)/t9-,10+,12+,13-/m0/s1. The first-order valence-electron chi connectivity index (χ1n) is 10.1. The number of thioether (sulfide) groups is 1. The van der Waals surface area contributed by atoms with Crippen molar-refractivity contribution in [1.82, 2.24) is 34.7 Å². The van der Waals surface area contributed by atoms with E-state index in [-0.39, 0.29) is 17.0 Å². The maximum atomic E-state index is 12.8. The molecule has 4 rings (SSSR count). The van der Waals surface area contributed by atoms with Gasteiger partial charge in [0.1, 0.15) is 18.5 Å². The Bertz CT molecular complexity index is 1090. The van der Waals surface area contributed by atoms with E-state index in [1.807, 2.05) is 6.92 Å². The van der Waals surface area contributed by atoms with Gasteiger partial charge in [-0.25, -0.2) is 19.9 Å². The Labute approximate surface area is 185 Å². The molecule has 3 aromatic heterocycles. The first kappa shape index (κ1) is 22.7. The summed E-state index contributed by atoms with van der Waals surface area (Å²) < 4.78 is 39.9. The van der Waals surface area contributed by atoms with Crippen LogP contribution >= 0.6 is 11.8 Å². The number of hydrogen-bond donors (Lipinski definition) is 4. The molecule has 174 valence electrons. The molecule has 0 saturated heterocycles. The molecule has 10 nitrogen and oxygen atoms in total. The highest BCUT2D eigenvalue weighted by Crippen LogP contribution is 2.41. The molecule has 0 aliphatic heterocycles. The molecule has 0 spiro atoms. The summed E-state index contributed by atoms with van der Waals surface area (Å²) in [6.45, 7) is 2.44. The smallest absolute Gasteiger partial charge is 0.390 e. The quantitative estimate of drug-likeness (QED) is 0.301. The van der Waals surface area contributed by atoms with Crippen molar-refractivity contribution in [3.05, 3.63) is 18.0 Å². The largest absolute Gasteiger partial charge is 0.405 e. The zero-order valence-corrected chi connectivity index (χ0v) is 18.2. The van der Waals surface area contributed by atoms with Gasteiger partial charge in [-0.05, 0) is 19.8 Å². The molecule has 0 radical (unpaired) electrons. The second-order valence-electron chi connectivity index (χ2n) is 7.67. The molecule has 0 aromatic carbocycles. The van der Waals surface area contributed by atoms with Crippen LogP contribution in [-0.2, 0) is 0 Å². The summed E-state index contributed by atoms with van der Waals surface area (Å²) in [6.07, 6.45) is -4.17. The van der Waals surface area contributed by atoms with Crippen molar-refractivity contribution in [1.29, 1.82) is 0 Å². The number of nitrogens with zero attached hydrogens (tertiary/aromatic N) is 6. The van der Waals surface area contributed by atoms with Gasteiger partial charge in [0.25, 0.3) is 0 Å². The molecule has 4 atom stereocenters. The molecule has 0 unspecified atom stereocenters. The molecule has 4 N–H and O–H groups in total. The van der Waals surface area contributed by atoms with Gasteiger partial charge in [0.05, 0.1) is 24.4 Å². The van der Waals surface area contributed by atoms with E-state index < -0.39 is 36.9 Å². The highest BCUT2D eigenvalue weighted by molar-refractivity contribution is 7.99. The topological polar surface area (TPSA) is 138 Å². The zero-order valence-electron chi connectivity index (χ0n) is 17.3. The maximum absolute atomic E-state index is 12.8. The fourth-order valence-electron chi connectivity index (χ4n) is 3.77. The average molecular weight is 472 g/mol. The van der Waals surface area contributed by atoms with Crippen LogP contribution in [0.3, 0.4) is 0 Å². The highest BCUT2D eigenvalue weighted by Gasteiger charge is 2.45. The first-order valence-corrected chi connectivity index (χ1v) is 11.1. The third-order valence-electron chi connectivity index (χ3n) is 5.25. The number of nitrogens with one attached hydrogen (secondary N) is 2. The van der Waals surface area contributed by atoms with Crippen LogP contribution in [0, 0.1) is 6.92 Å². The Morgan fingerprint density at radius 2 is 2.03 bits per heavy atom. The number of anilines is 1. The number of fused-ring (bicyclic) bond motifs is 1. The average Bonchev–Trinajstić information content (AvgIpc) is 3.42. The van der Waals surface area contributed by atoms with E-state index >= 15 is 0 Å². The number of hydrogen-bond acceptors (Lipinski definition) is 9. The fraction of sp³-hybridized carbons (Fsp3) is 0.611. The van der Waals surface area contributed by atoms with Crippen LogP contribution in [0.15, 0.2) is 11.5 Å². The Morgan fingerprint density at radius 3 is 2.69 bits per heavy atom. The molecule has 1 fully saturated rings. The van der Waals surface area contributed by atoms with Crippen LogP contribution in [0.25, 0.3) is 11.2 Å². The predicted octanol–water partition coefficient (Wildman–Crippen LogP) is 2.18. The molecule has 14 heteroatoms. The number of aromatic nitrogens is 7. The Kier molecular flexibility index (Phi) is 6.27. The zero-order chi connectivity index (χ0) is 23.0. The number of aryl methyl sites for hydroxylation is 1. The molecular formula is C18H23F3N8O2S. The summed E-state index contributed by atoms with van der Waals surface area (Å²) in [5.74, 6) is 1.12. The van der Waals surface area contributed by atoms with Gasteiger partial charge in [-0.2, -0.15) is 18.3 Å². The lowest BCUT2D eigenvalue weighted by Crippen LogP contribution is -2.29. The number of halogens is 3. The van der Waals surface area contributed by atoms with Gasteiger partial charge in [-0.3, -0.25) is 5.10 Å². The van der Waals surface area contributed by atoms with Crippen molar-refractivity contribution in [2.75, 3.05) is 17.6 Å². The van der Waals surface area contributed by atoms with Crippen LogP contribution in [0.2, 0.25) is 0 Å². The molecule has 1 aliphatic carbocycles. The van der Waals surface area contributed by atoms with Gasteiger partial charge < -0.3 is 20.1 Å². The third kappa shape index (κ3) is 4.52. The van der Waals surface area contributed by atoms with Crippen LogP contribution in [-0.4, -0.2) is 75.6 Å². The highest BCUT2D eigenvalue weighted by atomic mass is 32.2. The minimum absolute atomic E-state index is 0.0288. The number of aliphatic hydroxyl groups is 2. The Balaban J connectivity index is 1.70. The van der Waals surface area contributed by atoms with E-state index in [9.17, 15) is 23.4 Å². The minimum Gasteiger partial charge on any atom is -0.390 e. The first-order chi connectivity index (χ1) is 15.2. The monoisotopic (exact) mass is 472 g/mol. The molecule has 0 bridgehead atoms. The molecule has 3 aromatic rings. The minimum atomic E-state index is -4.43. The third-order valence-corrected chi connectivity index (χ3v) is 6.30. The van der Waals surface area contributed by atoms with Crippen molar-refractivity contribution in [2.24, 2.45) is 0 Å². The van der Waals surface area contributed by atoms with Gasteiger partial charge in [0.15, 0.2) is 28.0 Å². The van der Waals surface area contributed by atoms with Crippen molar-refractivity contribution in [3.63, 3.8) is 0 Å². The Morgan fingerprint density at radius 1 is 1.25 bits per heavy atom. The summed E-state index contributed by atoms with van der Waals surface area (Å²) >= 11 is 1.32. The molecule has 1 aliphatic rings. The molecular weight excluding hydrogens is 449 g/mol. The summed E-state index contributed by atoms with van der Waals surface area (Å²) in [5, 5.41) is 30.8. The number of alkyl halides is 3.